The van der Waals surface area contributed by atoms with E-state index in [1.165, 1.54) is 23.9 Å². The minimum absolute atomic E-state index is 0.00260. The van der Waals surface area contributed by atoms with Crippen LogP contribution in [0.5, 0.6) is 11.5 Å². The molecule has 0 saturated carbocycles. The van der Waals surface area contributed by atoms with Crippen LogP contribution in [-0.4, -0.2) is 27.9 Å². The third-order valence-corrected chi connectivity index (χ3v) is 8.72. The third kappa shape index (κ3) is 6.23. The molecule has 0 fully saturated rings. The van der Waals surface area contributed by atoms with Gasteiger partial charge in [0.25, 0.3) is 11.2 Å². The van der Waals surface area contributed by atoms with E-state index < -0.39 is 4.92 Å². The Balaban J connectivity index is 1.73. The average Bonchev–Trinajstić information content (AvgIpc) is 2.93. The molecule has 0 radical (unpaired) electrons. The number of non-ortho nitro benzene ring substituents is 1. The van der Waals surface area contributed by atoms with E-state index in [2.05, 4.69) is 52.9 Å². The molecule has 0 aliphatic carbocycles. The summed E-state index contributed by atoms with van der Waals surface area (Å²) in [5.74, 6) is 1.37. The lowest BCUT2D eigenvalue weighted by Crippen LogP contribution is -2.23. The van der Waals surface area contributed by atoms with Gasteiger partial charge in [0.1, 0.15) is 12.4 Å². The first-order valence-electron chi connectivity index (χ1n) is 11.8. The van der Waals surface area contributed by atoms with Crippen LogP contribution in [0.1, 0.15) is 43.1 Å². The van der Waals surface area contributed by atoms with Gasteiger partial charge in [-0.25, -0.2) is 4.98 Å². The first-order valence-corrected chi connectivity index (χ1v) is 14.2. The number of benzene rings is 3. The molecule has 3 aromatic carbocycles. The molecular weight excluding hydrogens is 700 g/mol. The van der Waals surface area contributed by atoms with Crippen LogP contribution >= 0.6 is 47.8 Å². The molecule has 9 nitrogen and oxygen atoms in total. The van der Waals surface area contributed by atoms with Crippen molar-refractivity contribution >= 4 is 70.6 Å². The summed E-state index contributed by atoms with van der Waals surface area (Å²) in [6.45, 7) is 4.12. The molecule has 1 atom stereocenters. The van der Waals surface area contributed by atoms with Crippen LogP contribution in [0.15, 0.2) is 71.8 Å². The zero-order chi connectivity index (χ0) is 28.3. The second-order valence-corrected chi connectivity index (χ2v) is 11.1. The van der Waals surface area contributed by atoms with Gasteiger partial charge in [-0.1, -0.05) is 41.9 Å². The fourth-order valence-corrected chi connectivity index (χ4v) is 5.10. The number of halogens is 3. The number of hydrogen-bond acceptors (Lipinski definition) is 7. The van der Waals surface area contributed by atoms with Crippen LogP contribution in [0.3, 0.4) is 0 Å². The molecule has 0 amide bonds. The number of aromatic nitrogens is 2. The molecule has 0 unspecified atom stereocenters. The maximum Gasteiger partial charge on any atom is 0.282 e. The normalized spacial score (nSPS) is 12.2. The summed E-state index contributed by atoms with van der Waals surface area (Å²) in [5, 5.41) is 16.1. The Hall–Kier alpha value is -3.09. The second kappa shape index (κ2) is 12.4. The van der Waals surface area contributed by atoms with Gasteiger partial charge in [-0.15, -0.1) is 0 Å². The van der Waals surface area contributed by atoms with E-state index >= 15 is 0 Å². The van der Waals surface area contributed by atoms with Crippen molar-refractivity contribution in [3.8, 4) is 11.5 Å². The van der Waals surface area contributed by atoms with Gasteiger partial charge in [0, 0.05) is 32.6 Å². The van der Waals surface area contributed by atoms with Crippen LogP contribution < -0.4 is 15.0 Å². The maximum absolute atomic E-state index is 13.4. The largest absolute Gasteiger partial charge is 0.493 e. The molecule has 0 spiro atoms. The average molecular weight is 723 g/mol. The predicted octanol–water partition coefficient (Wildman–Crippen LogP) is 7.58. The van der Waals surface area contributed by atoms with E-state index in [0.717, 1.165) is 10.9 Å². The van der Waals surface area contributed by atoms with E-state index in [1.807, 2.05) is 26.0 Å². The molecule has 4 aromatic rings. The smallest absolute Gasteiger partial charge is 0.282 e. The van der Waals surface area contributed by atoms with E-state index in [4.69, 9.17) is 14.5 Å². The summed E-state index contributed by atoms with van der Waals surface area (Å²) in [7, 11) is 1.51. The zero-order valence-electron chi connectivity index (χ0n) is 21.2. The summed E-state index contributed by atoms with van der Waals surface area (Å²) in [6, 6.07) is 13.4. The first kappa shape index (κ1) is 28.9. The number of methoxy groups -OCH3 is 1. The number of hydrogen-bond donors (Lipinski definition) is 0. The van der Waals surface area contributed by atoms with Crippen molar-refractivity contribution in [3.05, 3.63) is 99.4 Å². The molecule has 1 heterocycles. The predicted molar refractivity (Wildman–Crippen MR) is 161 cm³/mol. The van der Waals surface area contributed by atoms with Gasteiger partial charge >= 0.3 is 0 Å². The highest BCUT2D eigenvalue weighted by Gasteiger charge is 2.19. The molecule has 12 heteroatoms. The van der Waals surface area contributed by atoms with Gasteiger partial charge in [0.05, 0.1) is 33.6 Å². The number of ether oxygens (including phenoxy) is 2. The van der Waals surface area contributed by atoms with Crippen molar-refractivity contribution in [2.75, 3.05) is 7.11 Å². The Morgan fingerprint density at radius 3 is 2.62 bits per heavy atom. The molecule has 0 bridgehead atoms. The molecular formula is C27H23Br3N4O5. The lowest BCUT2D eigenvalue weighted by atomic mass is 10.1. The summed E-state index contributed by atoms with van der Waals surface area (Å²) in [4.78, 5) is 28.8. The summed E-state index contributed by atoms with van der Waals surface area (Å²) >= 11 is 10.6. The number of nitro benzene ring substituents is 1. The zero-order valence-corrected chi connectivity index (χ0v) is 25.9. The lowest BCUT2D eigenvalue weighted by molar-refractivity contribution is -0.384. The summed E-state index contributed by atoms with van der Waals surface area (Å²) in [5.41, 5.74) is 1.58. The van der Waals surface area contributed by atoms with Gasteiger partial charge in [-0.2, -0.15) is 9.78 Å². The highest BCUT2D eigenvalue weighted by Crippen LogP contribution is 2.42. The third-order valence-electron chi connectivity index (χ3n) is 6.08. The molecule has 0 aliphatic rings. The second-order valence-electron chi connectivity index (χ2n) is 8.64. The molecule has 1 aromatic heterocycles. The molecule has 0 N–H and O–H groups in total. The number of nitrogens with zero attached hydrogens (tertiary/aromatic N) is 4. The Labute approximate surface area is 249 Å². The Bertz CT molecular complexity index is 1660. The molecule has 39 heavy (non-hydrogen) atoms. The van der Waals surface area contributed by atoms with Crippen LogP contribution in [0.2, 0.25) is 0 Å². The van der Waals surface area contributed by atoms with Gasteiger partial charge < -0.3 is 9.47 Å². The van der Waals surface area contributed by atoms with Crippen molar-refractivity contribution < 1.29 is 14.4 Å². The molecule has 0 saturated heterocycles. The summed E-state index contributed by atoms with van der Waals surface area (Å²) < 4.78 is 14.8. The highest BCUT2D eigenvalue weighted by molar-refractivity contribution is 9.13. The fraction of sp³-hybridized carbons (Fsp3) is 0.222. The fourth-order valence-electron chi connectivity index (χ4n) is 3.80. The van der Waals surface area contributed by atoms with Gasteiger partial charge in [-0.3, -0.25) is 14.9 Å². The number of rotatable bonds is 9. The minimum atomic E-state index is -0.452. The Kier molecular flexibility index (Phi) is 9.19. The number of nitro groups is 1. The van der Waals surface area contributed by atoms with Gasteiger partial charge in [-0.05, 0) is 68.1 Å². The first-order chi connectivity index (χ1) is 18.6. The van der Waals surface area contributed by atoms with Crippen LogP contribution in [-0.2, 0) is 6.61 Å². The monoisotopic (exact) mass is 720 g/mol. The van der Waals surface area contributed by atoms with Gasteiger partial charge in [0.2, 0.25) is 0 Å². The van der Waals surface area contributed by atoms with Crippen LogP contribution in [0.25, 0.3) is 10.9 Å². The van der Waals surface area contributed by atoms with Crippen molar-refractivity contribution in [2.24, 2.45) is 5.10 Å². The lowest BCUT2D eigenvalue weighted by Gasteiger charge is -2.16. The Morgan fingerprint density at radius 2 is 1.92 bits per heavy atom. The van der Waals surface area contributed by atoms with Crippen molar-refractivity contribution in [1.82, 2.24) is 9.66 Å². The van der Waals surface area contributed by atoms with Crippen LogP contribution in [0, 0.1) is 10.1 Å². The molecule has 202 valence electrons. The highest BCUT2D eigenvalue weighted by atomic mass is 79.9. The maximum atomic E-state index is 13.4. The SMILES string of the molecule is CC[C@@H](C)c1nc2ccc(Br)cc2c(=O)n1N=Cc1cc(OC)c(OCc2cccc([N+](=O)[O-])c2)c(Br)c1Br. The van der Waals surface area contributed by atoms with E-state index in [1.54, 1.807) is 30.5 Å². The van der Waals surface area contributed by atoms with E-state index in [-0.39, 0.29) is 23.8 Å². The molecule has 0 aliphatic heterocycles. The van der Waals surface area contributed by atoms with E-state index in [9.17, 15) is 14.9 Å². The van der Waals surface area contributed by atoms with Crippen LogP contribution in [0.4, 0.5) is 5.69 Å². The summed E-state index contributed by atoms with van der Waals surface area (Å²) in [6.07, 6.45) is 2.34. The standard InChI is InChI=1S/C27H23Br3N4O5/c1-4-15(2)26-32-21-9-8-18(28)12-20(21)27(35)33(26)31-13-17-11-22(38-3)25(24(30)23(17)29)39-14-16-6-5-7-19(10-16)34(36)37/h5-13,15H,4,14H2,1-3H3/t15-/m1/s1. The van der Waals surface area contributed by atoms with Crippen molar-refractivity contribution in [2.45, 2.75) is 32.8 Å². The van der Waals surface area contributed by atoms with Crippen molar-refractivity contribution in [3.63, 3.8) is 0 Å². The minimum Gasteiger partial charge on any atom is -0.493 e. The molecule has 4 rings (SSSR count). The van der Waals surface area contributed by atoms with Gasteiger partial charge in [0.15, 0.2) is 11.5 Å². The quantitative estimate of drug-likeness (QED) is 0.100. The Morgan fingerprint density at radius 1 is 1.15 bits per heavy atom. The van der Waals surface area contributed by atoms with E-state index in [0.29, 0.717) is 48.3 Å². The van der Waals surface area contributed by atoms with Crippen molar-refractivity contribution in [1.29, 1.82) is 0 Å². The topological polar surface area (TPSA) is 109 Å². The number of fused-ring (bicyclic) bond motifs is 1.